The van der Waals surface area contributed by atoms with Gasteiger partial charge in [-0.25, -0.2) is 0 Å². The van der Waals surface area contributed by atoms with E-state index in [1.165, 1.54) is 24.3 Å². The van der Waals surface area contributed by atoms with E-state index in [1.807, 2.05) is 0 Å². The van der Waals surface area contributed by atoms with Gasteiger partial charge >= 0.3 is 0 Å². The second kappa shape index (κ2) is 4.96. The van der Waals surface area contributed by atoms with E-state index in [2.05, 4.69) is 31.9 Å². The van der Waals surface area contributed by atoms with Crippen molar-refractivity contribution in [2.24, 2.45) is 0 Å². The Morgan fingerprint density at radius 2 is 1.52 bits per heavy atom. The van der Waals surface area contributed by atoms with Crippen LogP contribution < -0.4 is 0 Å². The van der Waals surface area contributed by atoms with Crippen LogP contribution in [0.25, 0.3) is 0 Å². The van der Waals surface area contributed by atoms with Gasteiger partial charge in [-0.05, 0) is 23.8 Å². The van der Waals surface area contributed by atoms with Crippen molar-refractivity contribution in [2.45, 2.75) is 3.74 Å². The Kier molecular flexibility index (Phi) is 3.37. The Balaban J connectivity index is 2.33. The summed E-state index contributed by atoms with van der Waals surface area (Å²) in [7, 11) is 0. The van der Waals surface area contributed by atoms with Crippen LogP contribution in [-0.4, -0.2) is 21.8 Å². The van der Waals surface area contributed by atoms with Gasteiger partial charge in [-0.2, -0.15) is 0 Å². The van der Waals surface area contributed by atoms with Gasteiger partial charge in [0.15, 0.2) is 5.78 Å². The number of carbonyl (C=O) groups excluding carboxylic acids is 2. The molecule has 6 heteroatoms. The van der Waals surface area contributed by atoms with Gasteiger partial charge in [0.1, 0.15) is 11.5 Å². The molecule has 0 saturated carbocycles. The molecule has 2 N–H and O–H groups in total. The van der Waals surface area contributed by atoms with Gasteiger partial charge in [0.05, 0.1) is 14.9 Å². The largest absolute Gasteiger partial charge is 0.507 e. The van der Waals surface area contributed by atoms with Crippen LogP contribution in [-0.2, 0) is 0 Å². The molecule has 0 amide bonds. The SMILES string of the molecule is O=C1c2cccc(O)c2C(=O)c2c(O)cc(C(Br)Br)cc21. The predicted molar refractivity (Wildman–Crippen MR) is 83.7 cm³/mol. The maximum atomic E-state index is 12.5. The fourth-order valence-corrected chi connectivity index (χ4v) is 2.96. The topological polar surface area (TPSA) is 74.6 Å². The van der Waals surface area contributed by atoms with Crippen LogP contribution >= 0.6 is 31.9 Å². The van der Waals surface area contributed by atoms with Crippen molar-refractivity contribution in [1.29, 1.82) is 0 Å². The highest BCUT2D eigenvalue weighted by molar-refractivity contribution is 9.24. The summed E-state index contributed by atoms with van der Waals surface area (Å²) in [6.07, 6.45) is 0. The van der Waals surface area contributed by atoms with Crippen LogP contribution in [0.5, 0.6) is 11.5 Å². The molecule has 0 unspecified atom stereocenters. The Morgan fingerprint density at radius 3 is 2.19 bits per heavy atom. The lowest BCUT2D eigenvalue weighted by Crippen LogP contribution is -2.21. The highest BCUT2D eigenvalue weighted by Gasteiger charge is 2.34. The van der Waals surface area contributed by atoms with E-state index in [0.29, 0.717) is 5.56 Å². The van der Waals surface area contributed by atoms with Gasteiger partial charge in [0.2, 0.25) is 5.78 Å². The van der Waals surface area contributed by atoms with E-state index in [9.17, 15) is 19.8 Å². The minimum atomic E-state index is -0.553. The monoisotopic (exact) mass is 410 g/mol. The highest BCUT2D eigenvalue weighted by Crippen LogP contribution is 2.40. The van der Waals surface area contributed by atoms with Crippen LogP contribution in [0, 0.1) is 0 Å². The second-order valence-corrected chi connectivity index (χ2v) is 7.68. The quantitative estimate of drug-likeness (QED) is 0.599. The van der Waals surface area contributed by atoms with Gasteiger partial charge in [0, 0.05) is 11.1 Å². The zero-order valence-electron chi connectivity index (χ0n) is 10.4. The first kappa shape index (κ1) is 14.3. The van der Waals surface area contributed by atoms with Crippen LogP contribution in [0.2, 0.25) is 0 Å². The van der Waals surface area contributed by atoms with E-state index >= 15 is 0 Å². The van der Waals surface area contributed by atoms with Gasteiger partial charge in [-0.3, -0.25) is 9.59 Å². The standard InChI is InChI=1S/C15H8Br2O4/c16-15(17)6-4-8-12(10(19)5-6)14(21)11-7(13(8)20)2-1-3-9(11)18/h1-5,15,18-19H. The van der Waals surface area contributed by atoms with Crippen LogP contribution in [0.15, 0.2) is 30.3 Å². The molecule has 0 bridgehead atoms. The summed E-state index contributed by atoms with van der Waals surface area (Å²) in [5.41, 5.74) is 0.767. The number of carbonyl (C=O) groups is 2. The molecule has 0 radical (unpaired) electrons. The third kappa shape index (κ3) is 2.10. The number of aromatic hydroxyl groups is 2. The first-order valence-corrected chi connectivity index (χ1v) is 7.81. The zero-order chi connectivity index (χ0) is 15.3. The summed E-state index contributed by atoms with van der Waals surface area (Å²) in [6, 6.07) is 7.29. The van der Waals surface area contributed by atoms with Crippen LogP contribution in [0.4, 0.5) is 0 Å². The normalized spacial score (nSPS) is 13.3. The Hall–Kier alpha value is -1.66. The molecule has 0 spiro atoms. The molecular formula is C15H8Br2O4. The number of benzene rings is 2. The molecule has 1 aliphatic rings. The number of rotatable bonds is 1. The lowest BCUT2D eigenvalue weighted by Gasteiger charge is -2.20. The van der Waals surface area contributed by atoms with Crippen molar-refractivity contribution in [3.8, 4) is 11.5 Å². The maximum absolute atomic E-state index is 12.5. The molecule has 1 aliphatic carbocycles. The fourth-order valence-electron chi connectivity index (χ4n) is 2.43. The second-order valence-electron chi connectivity index (χ2n) is 4.62. The van der Waals surface area contributed by atoms with E-state index in [0.717, 1.165) is 0 Å². The Morgan fingerprint density at radius 1 is 0.857 bits per heavy atom. The summed E-state index contributed by atoms with van der Waals surface area (Å²) in [5, 5.41) is 19.9. The molecular weight excluding hydrogens is 404 g/mol. The van der Waals surface area contributed by atoms with Gasteiger partial charge < -0.3 is 10.2 Å². The number of hydrogen-bond acceptors (Lipinski definition) is 4. The van der Waals surface area contributed by atoms with E-state index < -0.39 is 11.6 Å². The maximum Gasteiger partial charge on any atom is 0.201 e. The van der Waals surface area contributed by atoms with E-state index in [-0.39, 0.29) is 37.5 Å². The lowest BCUT2D eigenvalue weighted by atomic mass is 9.82. The third-order valence-electron chi connectivity index (χ3n) is 3.38. The minimum Gasteiger partial charge on any atom is -0.507 e. The number of hydrogen-bond donors (Lipinski definition) is 2. The van der Waals surface area contributed by atoms with Crippen molar-refractivity contribution in [3.63, 3.8) is 0 Å². The summed E-state index contributed by atoms with van der Waals surface area (Å²) < 4.78 is -0.255. The third-order valence-corrected chi connectivity index (χ3v) is 4.44. The summed E-state index contributed by atoms with van der Waals surface area (Å²) in [5.74, 6) is -1.49. The van der Waals surface area contributed by atoms with E-state index in [1.54, 1.807) is 6.07 Å². The summed E-state index contributed by atoms with van der Waals surface area (Å²) >= 11 is 6.58. The number of ketones is 2. The molecule has 0 aromatic heterocycles. The number of phenols is 2. The molecule has 2 aromatic rings. The molecule has 0 fully saturated rings. The Labute approximate surface area is 136 Å². The van der Waals surface area contributed by atoms with Crippen molar-refractivity contribution in [3.05, 3.63) is 58.1 Å². The molecule has 0 aliphatic heterocycles. The average molecular weight is 412 g/mol. The zero-order valence-corrected chi connectivity index (χ0v) is 13.6. The fraction of sp³-hybridized carbons (Fsp3) is 0.0667. The molecule has 0 saturated heterocycles. The molecule has 4 nitrogen and oxygen atoms in total. The van der Waals surface area contributed by atoms with E-state index in [4.69, 9.17) is 0 Å². The molecule has 2 aromatic carbocycles. The molecule has 21 heavy (non-hydrogen) atoms. The molecule has 3 rings (SSSR count). The molecule has 106 valence electrons. The van der Waals surface area contributed by atoms with Crippen molar-refractivity contribution < 1.29 is 19.8 Å². The number of halogens is 2. The Bertz CT molecular complexity index is 797. The summed E-state index contributed by atoms with van der Waals surface area (Å²) in [4.78, 5) is 25.0. The lowest BCUT2D eigenvalue weighted by molar-refractivity contribution is 0.0974. The van der Waals surface area contributed by atoms with Gasteiger partial charge in [-0.15, -0.1) is 0 Å². The van der Waals surface area contributed by atoms with Crippen LogP contribution in [0.1, 0.15) is 41.1 Å². The summed E-state index contributed by atoms with van der Waals surface area (Å²) in [6.45, 7) is 0. The van der Waals surface area contributed by atoms with Gasteiger partial charge in [0.25, 0.3) is 0 Å². The first-order valence-electron chi connectivity index (χ1n) is 5.98. The first-order chi connectivity index (χ1) is 9.91. The smallest absolute Gasteiger partial charge is 0.201 e. The number of fused-ring (bicyclic) bond motifs is 2. The molecule has 0 heterocycles. The van der Waals surface area contributed by atoms with Gasteiger partial charge in [-0.1, -0.05) is 44.0 Å². The minimum absolute atomic E-state index is 0.0627. The van der Waals surface area contributed by atoms with Crippen molar-refractivity contribution in [1.82, 2.24) is 0 Å². The van der Waals surface area contributed by atoms with Crippen molar-refractivity contribution in [2.75, 3.05) is 0 Å². The highest BCUT2D eigenvalue weighted by atomic mass is 79.9. The number of phenolic OH excluding ortho intramolecular Hbond substituents is 2. The predicted octanol–water partition coefficient (Wildman–Crippen LogP) is 3.66. The molecule has 0 atom stereocenters. The van der Waals surface area contributed by atoms with Crippen molar-refractivity contribution >= 4 is 43.4 Å². The average Bonchev–Trinajstić information content (AvgIpc) is 2.43. The van der Waals surface area contributed by atoms with Crippen LogP contribution in [0.3, 0.4) is 0 Å². The number of alkyl halides is 2.